The standard InChI is InChI=1S/C15H21N3O/c1-2-3-8-18(15(19)9-16)11-12-10-17-14-7-5-4-6-13(12)14/h4-7,10,17H,2-3,8-9,11,16H2,1H3. The summed E-state index contributed by atoms with van der Waals surface area (Å²) in [6, 6.07) is 8.13. The summed E-state index contributed by atoms with van der Waals surface area (Å²) in [5, 5.41) is 1.17. The number of unbranched alkanes of at least 4 members (excludes halogenated alkanes) is 1. The summed E-state index contributed by atoms with van der Waals surface area (Å²) in [6.07, 6.45) is 4.06. The Morgan fingerprint density at radius 3 is 2.89 bits per heavy atom. The Balaban J connectivity index is 2.18. The number of fused-ring (bicyclic) bond motifs is 1. The van der Waals surface area contributed by atoms with Gasteiger partial charge in [-0.2, -0.15) is 0 Å². The minimum Gasteiger partial charge on any atom is -0.361 e. The van der Waals surface area contributed by atoms with Crippen LogP contribution in [0.1, 0.15) is 25.3 Å². The van der Waals surface area contributed by atoms with Crippen molar-refractivity contribution in [3.8, 4) is 0 Å². The molecule has 0 aliphatic heterocycles. The Hall–Kier alpha value is -1.81. The highest BCUT2D eigenvalue weighted by Crippen LogP contribution is 2.19. The molecule has 1 aromatic heterocycles. The third kappa shape index (κ3) is 3.15. The molecule has 0 atom stereocenters. The van der Waals surface area contributed by atoms with E-state index in [1.165, 1.54) is 5.39 Å². The van der Waals surface area contributed by atoms with Gasteiger partial charge in [0.1, 0.15) is 0 Å². The van der Waals surface area contributed by atoms with Crippen molar-refractivity contribution in [1.82, 2.24) is 9.88 Å². The van der Waals surface area contributed by atoms with E-state index in [0.717, 1.165) is 30.5 Å². The molecule has 0 unspecified atom stereocenters. The summed E-state index contributed by atoms with van der Waals surface area (Å²) in [5.74, 6) is 0.0127. The highest BCUT2D eigenvalue weighted by Gasteiger charge is 2.13. The highest BCUT2D eigenvalue weighted by atomic mass is 16.2. The van der Waals surface area contributed by atoms with Crippen molar-refractivity contribution in [2.45, 2.75) is 26.3 Å². The molecule has 0 saturated carbocycles. The summed E-state index contributed by atoms with van der Waals surface area (Å²) in [7, 11) is 0. The number of aromatic amines is 1. The molecule has 19 heavy (non-hydrogen) atoms. The third-order valence-electron chi connectivity index (χ3n) is 3.35. The fourth-order valence-corrected chi connectivity index (χ4v) is 2.24. The van der Waals surface area contributed by atoms with E-state index < -0.39 is 0 Å². The molecule has 4 heteroatoms. The van der Waals surface area contributed by atoms with Crippen molar-refractivity contribution >= 4 is 16.8 Å². The molecule has 0 bridgehead atoms. The molecule has 0 aliphatic rings. The lowest BCUT2D eigenvalue weighted by Gasteiger charge is -2.21. The Labute approximate surface area is 113 Å². The number of nitrogens with one attached hydrogen (secondary N) is 1. The fourth-order valence-electron chi connectivity index (χ4n) is 2.24. The fraction of sp³-hybridized carbons (Fsp3) is 0.400. The van der Waals surface area contributed by atoms with Crippen LogP contribution in [-0.4, -0.2) is 28.9 Å². The second kappa shape index (κ2) is 6.38. The van der Waals surface area contributed by atoms with Gasteiger partial charge in [-0.05, 0) is 18.1 Å². The molecule has 1 amide bonds. The van der Waals surface area contributed by atoms with Crippen molar-refractivity contribution in [2.75, 3.05) is 13.1 Å². The zero-order valence-electron chi connectivity index (χ0n) is 11.4. The number of rotatable bonds is 6. The van der Waals surface area contributed by atoms with E-state index in [-0.39, 0.29) is 12.5 Å². The average Bonchev–Trinajstić information content (AvgIpc) is 2.86. The van der Waals surface area contributed by atoms with Crippen LogP contribution in [0.25, 0.3) is 10.9 Å². The Bertz CT molecular complexity index is 547. The Kier molecular flexibility index (Phi) is 4.58. The molecule has 2 rings (SSSR count). The number of carbonyl (C=O) groups is 1. The first-order valence-corrected chi connectivity index (χ1v) is 6.79. The van der Waals surface area contributed by atoms with Gasteiger partial charge in [0.2, 0.25) is 5.91 Å². The number of benzene rings is 1. The van der Waals surface area contributed by atoms with Gasteiger partial charge in [0, 0.05) is 30.2 Å². The second-order valence-corrected chi connectivity index (χ2v) is 4.73. The van der Waals surface area contributed by atoms with Gasteiger partial charge in [-0.15, -0.1) is 0 Å². The molecule has 102 valence electrons. The molecular weight excluding hydrogens is 238 g/mol. The lowest BCUT2D eigenvalue weighted by molar-refractivity contribution is -0.130. The van der Waals surface area contributed by atoms with Crippen LogP contribution in [-0.2, 0) is 11.3 Å². The van der Waals surface area contributed by atoms with Crippen LogP contribution in [0.2, 0.25) is 0 Å². The molecule has 4 nitrogen and oxygen atoms in total. The maximum Gasteiger partial charge on any atom is 0.236 e. The third-order valence-corrected chi connectivity index (χ3v) is 3.35. The Morgan fingerprint density at radius 1 is 1.37 bits per heavy atom. The maximum atomic E-state index is 11.9. The molecule has 3 N–H and O–H groups in total. The van der Waals surface area contributed by atoms with Crippen LogP contribution in [0.3, 0.4) is 0 Å². The summed E-state index contributed by atoms with van der Waals surface area (Å²) in [4.78, 5) is 17.0. The number of amides is 1. The second-order valence-electron chi connectivity index (χ2n) is 4.73. The van der Waals surface area contributed by atoms with Gasteiger partial charge in [0.25, 0.3) is 0 Å². The predicted molar refractivity (Wildman–Crippen MR) is 77.7 cm³/mol. The number of H-pyrrole nitrogens is 1. The van der Waals surface area contributed by atoms with E-state index >= 15 is 0 Å². The first kappa shape index (κ1) is 13.6. The molecule has 1 aromatic carbocycles. The van der Waals surface area contributed by atoms with Crippen LogP contribution in [0.5, 0.6) is 0 Å². The van der Waals surface area contributed by atoms with Crippen molar-refractivity contribution in [3.63, 3.8) is 0 Å². The largest absolute Gasteiger partial charge is 0.361 e. The molecule has 0 radical (unpaired) electrons. The van der Waals surface area contributed by atoms with Gasteiger partial charge >= 0.3 is 0 Å². The molecule has 2 aromatic rings. The van der Waals surface area contributed by atoms with Crippen LogP contribution in [0, 0.1) is 0 Å². The number of nitrogens with two attached hydrogens (primary N) is 1. The number of carbonyl (C=O) groups excluding carboxylic acids is 1. The van der Waals surface area contributed by atoms with Gasteiger partial charge in [0.05, 0.1) is 6.54 Å². The number of nitrogens with zero attached hydrogens (tertiary/aromatic N) is 1. The Morgan fingerprint density at radius 2 is 2.16 bits per heavy atom. The number of hydrogen-bond acceptors (Lipinski definition) is 2. The smallest absolute Gasteiger partial charge is 0.236 e. The van der Waals surface area contributed by atoms with E-state index in [2.05, 4.69) is 18.0 Å². The molecule has 0 spiro atoms. The van der Waals surface area contributed by atoms with Gasteiger partial charge in [-0.25, -0.2) is 0 Å². The van der Waals surface area contributed by atoms with E-state index in [0.29, 0.717) is 6.54 Å². The lowest BCUT2D eigenvalue weighted by atomic mass is 10.1. The van der Waals surface area contributed by atoms with Gasteiger partial charge < -0.3 is 15.6 Å². The van der Waals surface area contributed by atoms with Crippen molar-refractivity contribution < 1.29 is 4.79 Å². The van der Waals surface area contributed by atoms with E-state index in [1.807, 2.05) is 29.3 Å². The zero-order chi connectivity index (χ0) is 13.7. The van der Waals surface area contributed by atoms with Crippen molar-refractivity contribution in [2.24, 2.45) is 5.73 Å². The van der Waals surface area contributed by atoms with Crippen LogP contribution in [0.15, 0.2) is 30.5 Å². The summed E-state index contributed by atoms with van der Waals surface area (Å²) >= 11 is 0. The van der Waals surface area contributed by atoms with Crippen molar-refractivity contribution in [1.29, 1.82) is 0 Å². The molecule has 0 saturated heterocycles. The predicted octanol–water partition coefficient (Wildman–Crippen LogP) is 2.26. The maximum absolute atomic E-state index is 11.9. The molecule has 0 fully saturated rings. The topological polar surface area (TPSA) is 62.1 Å². The minimum absolute atomic E-state index is 0.0127. The van der Waals surface area contributed by atoms with E-state index in [1.54, 1.807) is 0 Å². The summed E-state index contributed by atoms with van der Waals surface area (Å²) in [6.45, 7) is 3.59. The lowest BCUT2D eigenvalue weighted by Crippen LogP contribution is -2.36. The normalized spacial score (nSPS) is 10.8. The van der Waals surface area contributed by atoms with Crippen LogP contribution in [0.4, 0.5) is 0 Å². The molecular formula is C15H21N3O. The summed E-state index contributed by atoms with van der Waals surface area (Å²) < 4.78 is 0. The van der Waals surface area contributed by atoms with Crippen molar-refractivity contribution in [3.05, 3.63) is 36.0 Å². The number of para-hydroxylation sites is 1. The summed E-state index contributed by atoms with van der Waals surface area (Å²) in [5.41, 5.74) is 7.74. The molecule has 0 aliphatic carbocycles. The average molecular weight is 259 g/mol. The van der Waals surface area contributed by atoms with Crippen LogP contribution >= 0.6 is 0 Å². The van der Waals surface area contributed by atoms with E-state index in [9.17, 15) is 4.79 Å². The number of hydrogen-bond donors (Lipinski definition) is 2. The SMILES string of the molecule is CCCCN(Cc1c[nH]c2ccccc12)C(=O)CN. The van der Waals surface area contributed by atoms with E-state index in [4.69, 9.17) is 5.73 Å². The minimum atomic E-state index is 0.0127. The number of aromatic nitrogens is 1. The molecule has 1 heterocycles. The van der Waals surface area contributed by atoms with Gasteiger partial charge in [-0.1, -0.05) is 31.5 Å². The first-order valence-electron chi connectivity index (χ1n) is 6.79. The zero-order valence-corrected chi connectivity index (χ0v) is 11.4. The first-order chi connectivity index (χ1) is 9.26. The quantitative estimate of drug-likeness (QED) is 0.835. The van der Waals surface area contributed by atoms with Gasteiger partial charge in [0.15, 0.2) is 0 Å². The monoisotopic (exact) mass is 259 g/mol. The highest BCUT2D eigenvalue weighted by molar-refractivity contribution is 5.84. The van der Waals surface area contributed by atoms with Crippen LogP contribution < -0.4 is 5.73 Å². The van der Waals surface area contributed by atoms with Gasteiger partial charge in [-0.3, -0.25) is 4.79 Å².